The Kier molecular flexibility index (Phi) is 4.02. The average Bonchev–Trinajstić information content (AvgIpc) is 2.64. The van der Waals surface area contributed by atoms with E-state index in [1.807, 2.05) is 0 Å². The molecule has 0 bridgehead atoms. The first-order valence-electron chi connectivity index (χ1n) is 6.57. The van der Waals surface area contributed by atoms with E-state index in [0.717, 1.165) is 25.7 Å². The highest BCUT2D eigenvalue weighted by Crippen LogP contribution is 2.30. The molecule has 1 aromatic rings. The molecule has 3 nitrogen and oxygen atoms in total. The lowest BCUT2D eigenvalue weighted by Crippen LogP contribution is -2.38. The Morgan fingerprint density at radius 3 is 2.50 bits per heavy atom. The molecule has 0 unspecified atom stereocenters. The summed E-state index contributed by atoms with van der Waals surface area (Å²) in [6, 6.07) is 7.03. The number of Topliss-reactive ketones (excluding diaryl/α,β-unsaturated/α-hetero) is 1. The number of ketones is 1. The number of aliphatic hydroxyl groups is 1. The van der Waals surface area contributed by atoms with E-state index in [1.165, 1.54) is 0 Å². The molecule has 1 aromatic carbocycles. The summed E-state index contributed by atoms with van der Waals surface area (Å²) in [6.45, 7) is 0. The third kappa shape index (κ3) is 2.72. The number of benzene rings is 1. The Morgan fingerprint density at radius 2 is 1.89 bits per heavy atom. The Bertz CT molecular complexity index is 418. The lowest BCUT2D eigenvalue weighted by molar-refractivity contribution is 0.0238. The van der Waals surface area contributed by atoms with Crippen LogP contribution < -0.4 is 4.74 Å². The second-order valence-electron chi connectivity index (χ2n) is 5.01. The van der Waals surface area contributed by atoms with Gasteiger partial charge in [-0.25, -0.2) is 0 Å². The maximum absolute atomic E-state index is 12.4. The first kappa shape index (κ1) is 13.1. The maximum atomic E-state index is 12.4. The molecule has 1 N–H and O–H groups in total. The van der Waals surface area contributed by atoms with Crippen molar-refractivity contribution >= 4 is 5.78 Å². The van der Waals surface area contributed by atoms with Gasteiger partial charge in [-0.05, 0) is 25.0 Å². The zero-order valence-corrected chi connectivity index (χ0v) is 10.8. The average molecular weight is 248 g/mol. The minimum absolute atomic E-state index is 0.164. The molecule has 3 heteroatoms. The molecule has 0 saturated heterocycles. The summed E-state index contributed by atoms with van der Waals surface area (Å²) in [5.41, 5.74) is -0.637. The zero-order valence-electron chi connectivity index (χ0n) is 10.8. The van der Waals surface area contributed by atoms with Gasteiger partial charge in [0, 0.05) is 5.56 Å². The van der Waals surface area contributed by atoms with Gasteiger partial charge in [0.05, 0.1) is 7.11 Å². The fourth-order valence-corrected chi connectivity index (χ4v) is 2.57. The zero-order chi connectivity index (χ0) is 13.0. The number of carbonyl (C=O) groups is 1. The van der Waals surface area contributed by atoms with Crippen LogP contribution in [0.2, 0.25) is 0 Å². The Morgan fingerprint density at radius 1 is 1.22 bits per heavy atom. The van der Waals surface area contributed by atoms with Crippen molar-refractivity contribution in [1.29, 1.82) is 0 Å². The van der Waals surface area contributed by atoms with Gasteiger partial charge in [-0.2, -0.15) is 0 Å². The number of methoxy groups -OCH3 is 1. The fourth-order valence-electron chi connectivity index (χ4n) is 2.57. The van der Waals surface area contributed by atoms with Crippen LogP contribution in [0.3, 0.4) is 0 Å². The number of ether oxygens (including phenoxy) is 1. The summed E-state index contributed by atoms with van der Waals surface area (Å²) >= 11 is 0. The summed E-state index contributed by atoms with van der Waals surface area (Å²) in [5.74, 6) is 0.487. The molecular weight excluding hydrogens is 228 g/mol. The van der Waals surface area contributed by atoms with E-state index in [9.17, 15) is 9.90 Å². The van der Waals surface area contributed by atoms with Crippen LogP contribution in [-0.2, 0) is 0 Å². The fraction of sp³-hybridized carbons (Fsp3) is 0.533. The second-order valence-corrected chi connectivity index (χ2v) is 5.01. The molecule has 2 rings (SSSR count). The van der Waals surface area contributed by atoms with Crippen LogP contribution in [0.1, 0.15) is 48.9 Å². The van der Waals surface area contributed by atoms with Crippen molar-refractivity contribution in [3.05, 3.63) is 29.8 Å². The van der Waals surface area contributed by atoms with E-state index in [-0.39, 0.29) is 5.78 Å². The van der Waals surface area contributed by atoms with E-state index >= 15 is 0 Å². The van der Waals surface area contributed by atoms with Crippen molar-refractivity contribution in [2.45, 2.75) is 44.1 Å². The predicted octanol–water partition coefficient (Wildman–Crippen LogP) is 2.96. The maximum Gasteiger partial charge on any atom is 0.194 e. The molecule has 0 aliphatic heterocycles. The van der Waals surface area contributed by atoms with E-state index in [4.69, 9.17) is 4.74 Å². The molecule has 0 atom stereocenters. The Balaban J connectivity index is 2.23. The predicted molar refractivity (Wildman–Crippen MR) is 70.0 cm³/mol. The monoisotopic (exact) mass is 248 g/mol. The summed E-state index contributed by atoms with van der Waals surface area (Å²) < 4.78 is 5.12. The molecular formula is C15H20O3. The van der Waals surface area contributed by atoms with E-state index in [2.05, 4.69) is 0 Å². The van der Waals surface area contributed by atoms with Gasteiger partial charge in [-0.15, -0.1) is 0 Å². The van der Waals surface area contributed by atoms with Crippen LogP contribution in [0.15, 0.2) is 24.3 Å². The molecule has 1 aliphatic carbocycles. The summed E-state index contributed by atoms with van der Waals surface area (Å²) in [5, 5.41) is 10.5. The van der Waals surface area contributed by atoms with Gasteiger partial charge >= 0.3 is 0 Å². The van der Waals surface area contributed by atoms with Crippen LogP contribution in [0.25, 0.3) is 0 Å². The van der Waals surface area contributed by atoms with Gasteiger partial charge in [-0.3, -0.25) is 4.79 Å². The van der Waals surface area contributed by atoms with E-state index in [1.54, 1.807) is 31.4 Å². The first-order valence-corrected chi connectivity index (χ1v) is 6.57. The second kappa shape index (κ2) is 5.53. The van der Waals surface area contributed by atoms with Gasteiger partial charge in [-0.1, -0.05) is 37.8 Å². The van der Waals surface area contributed by atoms with Crippen molar-refractivity contribution in [3.63, 3.8) is 0 Å². The Hall–Kier alpha value is -1.35. The quantitative estimate of drug-likeness (QED) is 0.660. The Labute approximate surface area is 108 Å². The van der Waals surface area contributed by atoms with Crippen molar-refractivity contribution in [3.8, 4) is 5.75 Å². The summed E-state index contributed by atoms with van der Waals surface area (Å²) in [6.07, 6.45) is 5.20. The highest BCUT2D eigenvalue weighted by molar-refractivity contribution is 6.02. The lowest BCUT2D eigenvalue weighted by Gasteiger charge is -2.25. The summed E-state index contributed by atoms with van der Waals surface area (Å²) in [4.78, 5) is 12.4. The standard InChI is InChI=1S/C15H20O3/c1-18-13-8-6-7-12(11-13)14(16)15(17)9-4-2-3-5-10-15/h6-8,11,17H,2-5,9-10H2,1H3. The minimum atomic E-state index is -1.18. The molecule has 18 heavy (non-hydrogen) atoms. The van der Waals surface area contributed by atoms with Crippen LogP contribution in [0, 0.1) is 0 Å². The number of hydrogen-bond donors (Lipinski definition) is 1. The molecule has 98 valence electrons. The molecule has 0 radical (unpaired) electrons. The topological polar surface area (TPSA) is 46.5 Å². The number of carbonyl (C=O) groups excluding carboxylic acids is 1. The van der Waals surface area contributed by atoms with Gasteiger partial charge in [0.15, 0.2) is 5.78 Å². The van der Waals surface area contributed by atoms with Gasteiger partial charge in [0.25, 0.3) is 0 Å². The van der Waals surface area contributed by atoms with E-state index < -0.39 is 5.60 Å². The van der Waals surface area contributed by atoms with Crippen molar-refractivity contribution < 1.29 is 14.6 Å². The van der Waals surface area contributed by atoms with Gasteiger partial charge in [0.1, 0.15) is 11.4 Å². The first-order chi connectivity index (χ1) is 8.65. The third-order valence-electron chi connectivity index (χ3n) is 3.69. The highest BCUT2D eigenvalue weighted by Gasteiger charge is 2.36. The largest absolute Gasteiger partial charge is 0.497 e. The molecule has 1 saturated carbocycles. The minimum Gasteiger partial charge on any atom is -0.497 e. The van der Waals surface area contributed by atoms with Crippen LogP contribution in [0.5, 0.6) is 5.75 Å². The SMILES string of the molecule is COc1cccc(C(=O)C2(O)CCCCCC2)c1. The molecule has 0 amide bonds. The number of hydrogen-bond acceptors (Lipinski definition) is 3. The van der Waals surface area contributed by atoms with Crippen molar-refractivity contribution in [2.75, 3.05) is 7.11 Å². The normalized spacial score (nSPS) is 19.0. The van der Waals surface area contributed by atoms with Crippen molar-refractivity contribution in [1.82, 2.24) is 0 Å². The molecule has 1 fully saturated rings. The smallest absolute Gasteiger partial charge is 0.194 e. The third-order valence-corrected chi connectivity index (χ3v) is 3.69. The van der Waals surface area contributed by atoms with Crippen LogP contribution >= 0.6 is 0 Å². The molecule has 0 aromatic heterocycles. The molecule has 0 heterocycles. The lowest BCUT2D eigenvalue weighted by atomic mass is 9.86. The van der Waals surface area contributed by atoms with Crippen LogP contribution in [0.4, 0.5) is 0 Å². The van der Waals surface area contributed by atoms with Crippen LogP contribution in [-0.4, -0.2) is 23.6 Å². The van der Waals surface area contributed by atoms with Gasteiger partial charge < -0.3 is 9.84 Å². The molecule has 1 aliphatic rings. The van der Waals surface area contributed by atoms with Crippen molar-refractivity contribution in [2.24, 2.45) is 0 Å². The van der Waals surface area contributed by atoms with E-state index in [0.29, 0.717) is 24.2 Å². The van der Waals surface area contributed by atoms with Gasteiger partial charge in [0.2, 0.25) is 0 Å². The molecule has 0 spiro atoms. The summed E-state index contributed by atoms with van der Waals surface area (Å²) in [7, 11) is 1.57. The number of rotatable bonds is 3. The highest BCUT2D eigenvalue weighted by atomic mass is 16.5.